The first-order valence-electron chi connectivity index (χ1n) is 3.83. The van der Waals surface area contributed by atoms with E-state index in [-0.39, 0.29) is 0 Å². The van der Waals surface area contributed by atoms with Crippen LogP contribution < -0.4 is 0 Å². The standard InChI is InChI=1S/C5H4N2O.C4H4N2/c8-3-5-1-6-4-7-2-5;1-2-5-4-6-3-1/h1-4H;1-4H. The predicted molar refractivity (Wildman–Crippen MR) is 49.5 cm³/mol. The van der Waals surface area contributed by atoms with E-state index in [4.69, 9.17) is 0 Å². The van der Waals surface area contributed by atoms with Crippen LogP contribution in [0.15, 0.2) is 43.5 Å². The molecule has 0 aliphatic carbocycles. The van der Waals surface area contributed by atoms with Crippen LogP contribution in [0.5, 0.6) is 0 Å². The molecule has 0 aromatic carbocycles. The maximum atomic E-state index is 9.93. The number of aromatic nitrogens is 4. The molecule has 2 aromatic heterocycles. The second-order valence-corrected chi connectivity index (χ2v) is 2.19. The predicted octanol–water partition coefficient (Wildman–Crippen LogP) is 0.766. The van der Waals surface area contributed by atoms with Crippen LogP contribution in [0.3, 0.4) is 0 Å². The molecule has 0 aliphatic heterocycles. The van der Waals surface area contributed by atoms with Gasteiger partial charge in [-0.15, -0.1) is 0 Å². The largest absolute Gasteiger partial charge is 0.298 e. The van der Waals surface area contributed by atoms with Gasteiger partial charge in [0.15, 0.2) is 6.29 Å². The lowest BCUT2D eigenvalue weighted by molar-refractivity contribution is 0.112. The smallest absolute Gasteiger partial charge is 0.153 e. The number of hydrogen-bond donors (Lipinski definition) is 0. The summed E-state index contributed by atoms with van der Waals surface area (Å²) in [6, 6.07) is 1.78. The van der Waals surface area contributed by atoms with Crippen molar-refractivity contribution in [2.75, 3.05) is 0 Å². The summed E-state index contributed by atoms with van der Waals surface area (Å²) in [4.78, 5) is 24.5. The van der Waals surface area contributed by atoms with Crippen LogP contribution in [0.1, 0.15) is 10.4 Å². The van der Waals surface area contributed by atoms with Crippen molar-refractivity contribution in [3.63, 3.8) is 0 Å². The summed E-state index contributed by atoms with van der Waals surface area (Å²) >= 11 is 0. The van der Waals surface area contributed by atoms with E-state index in [2.05, 4.69) is 19.9 Å². The minimum atomic E-state index is 0.507. The Bertz CT molecular complexity index is 325. The third-order valence-electron chi connectivity index (χ3n) is 1.19. The fourth-order valence-corrected chi connectivity index (χ4v) is 0.625. The Hall–Kier alpha value is -2.17. The van der Waals surface area contributed by atoms with Crippen molar-refractivity contribution in [2.24, 2.45) is 0 Å². The van der Waals surface area contributed by atoms with E-state index in [9.17, 15) is 4.79 Å². The van der Waals surface area contributed by atoms with Crippen molar-refractivity contribution < 1.29 is 4.79 Å². The Morgan fingerprint density at radius 2 is 1.50 bits per heavy atom. The average Bonchev–Trinajstić information content (AvgIpc) is 2.33. The minimum Gasteiger partial charge on any atom is -0.298 e. The van der Waals surface area contributed by atoms with Gasteiger partial charge in [-0.05, 0) is 6.07 Å². The molecular formula is C9H8N4O. The van der Waals surface area contributed by atoms with Gasteiger partial charge in [-0.1, -0.05) is 0 Å². The fraction of sp³-hybridized carbons (Fsp3) is 0. The number of nitrogens with zero attached hydrogens (tertiary/aromatic N) is 4. The van der Waals surface area contributed by atoms with E-state index >= 15 is 0 Å². The van der Waals surface area contributed by atoms with Gasteiger partial charge in [0.05, 0.1) is 5.56 Å². The summed E-state index contributed by atoms with van der Waals surface area (Å²) in [5, 5.41) is 0. The van der Waals surface area contributed by atoms with Gasteiger partial charge in [0, 0.05) is 24.8 Å². The third-order valence-corrected chi connectivity index (χ3v) is 1.19. The second-order valence-electron chi connectivity index (χ2n) is 2.19. The van der Waals surface area contributed by atoms with Crippen LogP contribution in [-0.2, 0) is 0 Å². The highest BCUT2D eigenvalue weighted by Gasteiger charge is 1.82. The van der Waals surface area contributed by atoms with E-state index in [1.165, 1.54) is 25.0 Å². The van der Waals surface area contributed by atoms with E-state index in [0.29, 0.717) is 11.8 Å². The van der Waals surface area contributed by atoms with E-state index in [0.717, 1.165) is 0 Å². The van der Waals surface area contributed by atoms with Gasteiger partial charge < -0.3 is 0 Å². The van der Waals surface area contributed by atoms with Crippen molar-refractivity contribution in [2.45, 2.75) is 0 Å². The molecule has 0 saturated carbocycles. The molecule has 0 atom stereocenters. The summed E-state index contributed by atoms with van der Waals surface area (Å²) in [7, 11) is 0. The highest BCUT2D eigenvalue weighted by Crippen LogP contribution is 1.83. The molecule has 2 heterocycles. The van der Waals surface area contributed by atoms with Crippen molar-refractivity contribution in [1.82, 2.24) is 19.9 Å². The van der Waals surface area contributed by atoms with Crippen LogP contribution in [0.2, 0.25) is 0 Å². The lowest BCUT2D eigenvalue weighted by Gasteiger charge is -1.80. The van der Waals surface area contributed by atoms with Crippen molar-refractivity contribution in [3.8, 4) is 0 Å². The first-order chi connectivity index (χ1) is 6.93. The van der Waals surface area contributed by atoms with E-state index < -0.39 is 0 Å². The fourth-order valence-electron chi connectivity index (χ4n) is 0.625. The molecule has 0 radical (unpaired) electrons. The maximum Gasteiger partial charge on any atom is 0.153 e. The average molecular weight is 188 g/mol. The van der Waals surface area contributed by atoms with Crippen molar-refractivity contribution in [1.29, 1.82) is 0 Å². The Morgan fingerprint density at radius 1 is 0.929 bits per heavy atom. The molecule has 5 heteroatoms. The zero-order chi connectivity index (χ0) is 10.1. The summed E-state index contributed by atoms with van der Waals surface area (Å²) < 4.78 is 0. The zero-order valence-corrected chi connectivity index (χ0v) is 7.32. The molecule has 0 N–H and O–H groups in total. The van der Waals surface area contributed by atoms with E-state index in [1.807, 2.05) is 0 Å². The van der Waals surface area contributed by atoms with Gasteiger partial charge in [-0.3, -0.25) is 4.79 Å². The number of rotatable bonds is 1. The Morgan fingerprint density at radius 3 is 1.79 bits per heavy atom. The molecule has 0 amide bonds. The van der Waals surface area contributed by atoms with Gasteiger partial charge in [0.25, 0.3) is 0 Å². The molecule has 0 unspecified atom stereocenters. The molecule has 0 spiro atoms. The second kappa shape index (κ2) is 6.36. The summed E-state index contributed by atoms with van der Waals surface area (Å²) in [6.45, 7) is 0. The summed E-state index contributed by atoms with van der Waals surface area (Å²) in [5.41, 5.74) is 0.507. The molecule has 0 fully saturated rings. The highest BCUT2D eigenvalue weighted by molar-refractivity contribution is 5.73. The number of aldehydes is 1. The lowest BCUT2D eigenvalue weighted by atomic mass is 10.4. The molecule has 2 aromatic rings. The number of carbonyl (C=O) groups excluding carboxylic acids is 1. The van der Waals surface area contributed by atoms with Crippen LogP contribution in [0, 0.1) is 0 Å². The first-order valence-corrected chi connectivity index (χ1v) is 3.83. The Balaban J connectivity index is 0.000000146. The topological polar surface area (TPSA) is 68.6 Å². The van der Waals surface area contributed by atoms with Crippen molar-refractivity contribution in [3.05, 3.63) is 49.1 Å². The van der Waals surface area contributed by atoms with Gasteiger partial charge in [-0.2, -0.15) is 0 Å². The Kier molecular flexibility index (Phi) is 4.50. The van der Waals surface area contributed by atoms with Crippen molar-refractivity contribution >= 4 is 6.29 Å². The normalized spacial score (nSPS) is 8.29. The molecule has 14 heavy (non-hydrogen) atoms. The molecule has 0 aliphatic rings. The lowest BCUT2D eigenvalue weighted by Crippen LogP contribution is -1.81. The third kappa shape index (κ3) is 4.01. The maximum absolute atomic E-state index is 9.93. The zero-order valence-electron chi connectivity index (χ0n) is 7.32. The van der Waals surface area contributed by atoms with E-state index in [1.54, 1.807) is 18.5 Å². The van der Waals surface area contributed by atoms with Crippen LogP contribution in [-0.4, -0.2) is 26.2 Å². The van der Waals surface area contributed by atoms with Crippen LogP contribution in [0.4, 0.5) is 0 Å². The number of hydrogen-bond acceptors (Lipinski definition) is 5. The molecular weight excluding hydrogens is 180 g/mol. The van der Waals surface area contributed by atoms with Crippen LogP contribution >= 0.6 is 0 Å². The minimum absolute atomic E-state index is 0.507. The molecule has 0 bridgehead atoms. The molecule has 0 saturated heterocycles. The summed E-state index contributed by atoms with van der Waals surface area (Å²) in [5.74, 6) is 0. The van der Waals surface area contributed by atoms with Gasteiger partial charge in [0.2, 0.25) is 0 Å². The first kappa shape index (κ1) is 9.91. The molecule has 5 nitrogen and oxygen atoms in total. The molecule has 70 valence electrons. The van der Waals surface area contributed by atoms with Crippen LogP contribution in [0.25, 0.3) is 0 Å². The SMILES string of the molecule is O=Cc1cncnc1.c1cncnc1. The number of carbonyl (C=O) groups is 1. The monoisotopic (exact) mass is 188 g/mol. The van der Waals surface area contributed by atoms with Gasteiger partial charge in [0.1, 0.15) is 12.7 Å². The quantitative estimate of drug-likeness (QED) is 0.618. The van der Waals surface area contributed by atoms with Gasteiger partial charge in [-0.25, -0.2) is 19.9 Å². The van der Waals surface area contributed by atoms with Gasteiger partial charge >= 0.3 is 0 Å². The highest BCUT2D eigenvalue weighted by atomic mass is 16.1. The summed E-state index contributed by atoms with van der Waals surface area (Å²) in [6.07, 6.45) is 9.88. The molecule has 2 rings (SSSR count). The Labute approximate surface area is 80.9 Å².